The van der Waals surface area contributed by atoms with Crippen molar-refractivity contribution in [1.29, 1.82) is 0 Å². The van der Waals surface area contributed by atoms with Crippen LogP contribution in [0.15, 0.2) is 54.6 Å². The second kappa shape index (κ2) is 3.80. The summed E-state index contributed by atoms with van der Waals surface area (Å²) in [4.78, 5) is 0. The topological polar surface area (TPSA) is 0 Å². The van der Waals surface area contributed by atoms with Crippen molar-refractivity contribution < 1.29 is 0 Å². The van der Waals surface area contributed by atoms with E-state index < -0.39 is 0 Å². The zero-order valence-electron chi connectivity index (χ0n) is 8.78. The molecule has 0 aliphatic heterocycles. The van der Waals surface area contributed by atoms with Gasteiger partial charge in [0.1, 0.15) is 0 Å². The molecule has 0 bridgehead atoms. The summed E-state index contributed by atoms with van der Waals surface area (Å²) in [5.74, 6) is 0. The number of fused-ring (bicyclic) bond motifs is 1. The fourth-order valence-electron chi connectivity index (χ4n) is 2.21. The highest BCUT2D eigenvalue weighted by molar-refractivity contribution is 6.30. The van der Waals surface area contributed by atoms with Crippen molar-refractivity contribution in [3.8, 4) is 0 Å². The van der Waals surface area contributed by atoms with Gasteiger partial charge in [0.15, 0.2) is 0 Å². The third-order valence-corrected chi connectivity index (χ3v) is 3.20. The lowest BCUT2D eigenvalue weighted by molar-refractivity contribution is 1.31. The number of halogens is 1. The smallest absolute Gasteiger partial charge is 0.0412 e. The van der Waals surface area contributed by atoms with Gasteiger partial charge < -0.3 is 0 Å². The molecule has 0 saturated heterocycles. The maximum Gasteiger partial charge on any atom is 0.0412 e. The van der Waals surface area contributed by atoms with Crippen LogP contribution in [-0.4, -0.2) is 0 Å². The molecule has 78 valence electrons. The van der Waals surface area contributed by atoms with Gasteiger partial charge in [-0.3, -0.25) is 0 Å². The Morgan fingerprint density at radius 2 is 1.81 bits per heavy atom. The maximum absolute atomic E-state index is 6.02. The van der Waals surface area contributed by atoms with Crippen molar-refractivity contribution in [3.63, 3.8) is 0 Å². The summed E-state index contributed by atoms with van der Waals surface area (Å²) >= 11 is 6.02. The van der Waals surface area contributed by atoms with Crippen molar-refractivity contribution in [2.75, 3.05) is 0 Å². The zero-order valence-corrected chi connectivity index (χ0v) is 9.54. The van der Waals surface area contributed by atoms with Gasteiger partial charge in [0.25, 0.3) is 0 Å². The van der Waals surface area contributed by atoms with E-state index in [2.05, 4.69) is 36.4 Å². The van der Waals surface area contributed by atoms with E-state index in [1.54, 1.807) is 0 Å². The molecule has 2 aromatic rings. The van der Waals surface area contributed by atoms with Crippen molar-refractivity contribution in [1.82, 2.24) is 0 Å². The summed E-state index contributed by atoms with van der Waals surface area (Å²) in [5.41, 5.74) is 5.25. The van der Waals surface area contributed by atoms with E-state index in [4.69, 9.17) is 11.6 Å². The molecule has 0 aromatic heterocycles. The predicted molar refractivity (Wildman–Crippen MR) is 68.7 cm³/mol. The summed E-state index contributed by atoms with van der Waals surface area (Å²) < 4.78 is 0. The second-order valence-electron chi connectivity index (χ2n) is 3.99. The third kappa shape index (κ3) is 1.56. The van der Waals surface area contributed by atoms with Crippen molar-refractivity contribution in [3.05, 3.63) is 76.3 Å². The quantitative estimate of drug-likeness (QED) is 0.679. The molecule has 0 saturated carbocycles. The molecule has 1 aliphatic rings. The summed E-state index contributed by atoms with van der Waals surface area (Å²) in [7, 11) is 0. The van der Waals surface area contributed by atoms with Crippen LogP contribution in [0.5, 0.6) is 0 Å². The van der Waals surface area contributed by atoms with Crippen molar-refractivity contribution in [2.45, 2.75) is 6.42 Å². The Kier molecular flexibility index (Phi) is 2.30. The van der Waals surface area contributed by atoms with Crippen LogP contribution in [0.2, 0.25) is 5.02 Å². The van der Waals surface area contributed by atoms with Gasteiger partial charge in [0, 0.05) is 5.02 Å². The Balaban J connectivity index is 2.11. The van der Waals surface area contributed by atoms with E-state index in [0.29, 0.717) is 0 Å². The summed E-state index contributed by atoms with van der Waals surface area (Å²) in [6.45, 7) is 0. The molecule has 0 nitrogen and oxygen atoms in total. The molecule has 0 unspecified atom stereocenters. The molecule has 1 aliphatic carbocycles. The fraction of sp³-hybridized carbons (Fsp3) is 0.0667. The highest BCUT2D eigenvalue weighted by atomic mass is 35.5. The van der Waals surface area contributed by atoms with Crippen LogP contribution in [0.3, 0.4) is 0 Å². The third-order valence-electron chi connectivity index (χ3n) is 2.97. The van der Waals surface area contributed by atoms with Gasteiger partial charge in [-0.05, 0) is 40.8 Å². The minimum Gasteiger partial charge on any atom is -0.0843 e. The zero-order chi connectivity index (χ0) is 11.0. The van der Waals surface area contributed by atoms with Crippen LogP contribution in [0, 0.1) is 0 Å². The summed E-state index contributed by atoms with van der Waals surface area (Å²) in [6, 6.07) is 16.6. The molecule has 2 aromatic carbocycles. The number of benzene rings is 2. The molecule has 0 N–H and O–H groups in total. The van der Waals surface area contributed by atoms with Crippen LogP contribution in [0.4, 0.5) is 0 Å². The molecular weight excluding hydrogens is 216 g/mol. The van der Waals surface area contributed by atoms with Gasteiger partial charge in [-0.25, -0.2) is 0 Å². The summed E-state index contributed by atoms with van der Waals surface area (Å²) in [5, 5.41) is 0.794. The lowest BCUT2D eigenvalue weighted by Crippen LogP contribution is -1.86. The largest absolute Gasteiger partial charge is 0.0843 e. The summed E-state index contributed by atoms with van der Waals surface area (Å²) in [6.07, 6.45) is 3.30. The second-order valence-corrected chi connectivity index (χ2v) is 4.43. The molecule has 3 rings (SSSR count). The highest BCUT2D eigenvalue weighted by Gasteiger charge is 2.14. The van der Waals surface area contributed by atoms with Gasteiger partial charge in [-0.15, -0.1) is 0 Å². The Hall–Kier alpha value is -1.53. The minimum atomic E-state index is 0.794. The molecule has 0 spiro atoms. The SMILES string of the molecule is Clc1cccc(C2=CCc3ccccc32)c1. The van der Waals surface area contributed by atoms with Gasteiger partial charge in [0.05, 0.1) is 0 Å². The molecule has 0 radical (unpaired) electrons. The first-order chi connectivity index (χ1) is 7.84. The van der Waals surface area contributed by atoms with Crippen LogP contribution in [0.1, 0.15) is 16.7 Å². The first-order valence-electron chi connectivity index (χ1n) is 5.39. The fourth-order valence-corrected chi connectivity index (χ4v) is 2.40. The van der Waals surface area contributed by atoms with Crippen LogP contribution in [-0.2, 0) is 6.42 Å². The predicted octanol–water partition coefficient (Wildman–Crippen LogP) is 4.33. The molecular formula is C15H11Cl. The Bertz CT molecular complexity index is 567. The number of hydrogen-bond acceptors (Lipinski definition) is 0. The van der Waals surface area contributed by atoms with E-state index >= 15 is 0 Å². The Morgan fingerprint density at radius 1 is 0.938 bits per heavy atom. The number of allylic oxidation sites excluding steroid dienone is 1. The number of rotatable bonds is 1. The highest BCUT2D eigenvalue weighted by Crippen LogP contribution is 2.33. The van der Waals surface area contributed by atoms with Crippen LogP contribution < -0.4 is 0 Å². The lowest BCUT2D eigenvalue weighted by Gasteiger charge is -2.06. The Labute approximate surface area is 100 Å². The molecule has 0 atom stereocenters. The molecule has 0 heterocycles. The standard InChI is InChI=1S/C15H11Cl/c16-13-6-3-5-12(10-13)15-9-8-11-4-1-2-7-14(11)15/h1-7,9-10H,8H2. The van der Waals surface area contributed by atoms with Crippen molar-refractivity contribution >= 4 is 17.2 Å². The molecule has 16 heavy (non-hydrogen) atoms. The van der Waals surface area contributed by atoms with Gasteiger partial charge in [-0.2, -0.15) is 0 Å². The Morgan fingerprint density at radius 3 is 2.69 bits per heavy atom. The van der Waals surface area contributed by atoms with E-state index in [1.807, 2.05) is 18.2 Å². The average molecular weight is 227 g/mol. The van der Waals surface area contributed by atoms with Gasteiger partial charge >= 0.3 is 0 Å². The van der Waals surface area contributed by atoms with E-state index in [1.165, 1.54) is 22.3 Å². The first-order valence-corrected chi connectivity index (χ1v) is 5.77. The van der Waals surface area contributed by atoms with E-state index in [0.717, 1.165) is 11.4 Å². The van der Waals surface area contributed by atoms with Crippen LogP contribution in [0.25, 0.3) is 5.57 Å². The van der Waals surface area contributed by atoms with Gasteiger partial charge in [-0.1, -0.05) is 54.1 Å². The molecule has 1 heteroatoms. The monoisotopic (exact) mass is 226 g/mol. The van der Waals surface area contributed by atoms with E-state index in [9.17, 15) is 0 Å². The first kappa shape index (κ1) is 9.68. The van der Waals surface area contributed by atoms with E-state index in [-0.39, 0.29) is 0 Å². The number of hydrogen-bond donors (Lipinski definition) is 0. The van der Waals surface area contributed by atoms with Gasteiger partial charge in [0.2, 0.25) is 0 Å². The maximum atomic E-state index is 6.02. The average Bonchev–Trinajstić information content (AvgIpc) is 2.72. The minimum absolute atomic E-state index is 0.794. The lowest BCUT2D eigenvalue weighted by atomic mass is 9.99. The normalized spacial score (nSPS) is 13.4. The molecule has 0 fully saturated rings. The van der Waals surface area contributed by atoms with Crippen molar-refractivity contribution in [2.24, 2.45) is 0 Å². The molecule has 0 amide bonds. The van der Waals surface area contributed by atoms with Crippen LogP contribution >= 0.6 is 11.6 Å².